The van der Waals surface area contributed by atoms with Crippen molar-refractivity contribution in [2.24, 2.45) is 11.7 Å². The van der Waals surface area contributed by atoms with Gasteiger partial charge in [-0.1, -0.05) is 0 Å². The number of hydrogen-bond acceptors (Lipinski definition) is 7. The molecule has 3 heterocycles. The predicted molar refractivity (Wildman–Crippen MR) is 120 cm³/mol. The molecule has 0 aliphatic carbocycles. The molecule has 3 N–H and O–H groups in total. The molecule has 2 aliphatic rings. The summed E-state index contributed by atoms with van der Waals surface area (Å²) in [5.41, 5.74) is 6.63. The maximum absolute atomic E-state index is 15.3. The van der Waals surface area contributed by atoms with E-state index in [4.69, 9.17) is 15.2 Å². The highest BCUT2D eigenvalue weighted by Gasteiger charge is 2.45. The first-order chi connectivity index (χ1) is 16.7. The second-order valence-corrected chi connectivity index (χ2v) is 8.60. The molecule has 2 saturated heterocycles. The summed E-state index contributed by atoms with van der Waals surface area (Å²) in [7, 11) is 0. The summed E-state index contributed by atoms with van der Waals surface area (Å²) in [4.78, 5) is 42.7. The number of benzene rings is 1. The number of amides is 4. The molecule has 35 heavy (non-hydrogen) atoms. The molecule has 11 heteroatoms. The van der Waals surface area contributed by atoms with E-state index in [1.165, 1.54) is 18.3 Å². The van der Waals surface area contributed by atoms with Crippen molar-refractivity contribution in [3.05, 3.63) is 53.6 Å². The minimum Gasteiger partial charge on any atom is -0.456 e. The minimum atomic E-state index is -1.95. The fraction of sp³-hybridized carbons (Fsp3) is 0.417. The van der Waals surface area contributed by atoms with Crippen molar-refractivity contribution in [2.75, 3.05) is 13.2 Å². The van der Waals surface area contributed by atoms with E-state index in [9.17, 15) is 18.8 Å². The number of pyridine rings is 1. The molecule has 0 saturated carbocycles. The van der Waals surface area contributed by atoms with Gasteiger partial charge in [0, 0.05) is 36.9 Å². The van der Waals surface area contributed by atoms with Crippen molar-refractivity contribution >= 4 is 17.8 Å². The summed E-state index contributed by atoms with van der Waals surface area (Å²) in [5.74, 6) is -3.28. The average molecular weight is 488 g/mol. The first kappa shape index (κ1) is 24.7. The van der Waals surface area contributed by atoms with Gasteiger partial charge in [0.05, 0.1) is 12.2 Å². The van der Waals surface area contributed by atoms with Crippen LogP contribution >= 0.6 is 0 Å². The van der Waals surface area contributed by atoms with Crippen molar-refractivity contribution in [1.29, 1.82) is 0 Å². The fourth-order valence-corrected chi connectivity index (χ4v) is 4.19. The van der Waals surface area contributed by atoms with Crippen molar-refractivity contribution in [2.45, 2.75) is 44.4 Å². The Bertz CT molecular complexity index is 1110. The fourth-order valence-electron chi connectivity index (χ4n) is 4.19. The molecule has 2 fully saturated rings. The normalized spacial score (nSPS) is 21.0. The van der Waals surface area contributed by atoms with Crippen LogP contribution in [0, 0.1) is 18.7 Å². The van der Waals surface area contributed by atoms with E-state index in [0.717, 1.165) is 16.7 Å². The number of carbonyl (C=O) groups excluding carboxylic acids is 3. The lowest BCUT2D eigenvalue weighted by atomic mass is 9.91. The molecule has 4 amide bonds. The summed E-state index contributed by atoms with van der Waals surface area (Å²) < 4.78 is 40.7. The number of nitrogens with zero attached hydrogens (tertiary/aromatic N) is 2. The number of urea groups is 1. The second-order valence-electron chi connectivity index (χ2n) is 8.60. The minimum absolute atomic E-state index is 0.170. The zero-order chi connectivity index (χ0) is 25.1. The second kappa shape index (κ2) is 10.4. The van der Waals surface area contributed by atoms with Gasteiger partial charge < -0.3 is 15.2 Å². The first-order valence-corrected chi connectivity index (χ1v) is 11.3. The van der Waals surface area contributed by atoms with Gasteiger partial charge in [0.1, 0.15) is 29.4 Å². The van der Waals surface area contributed by atoms with Crippen LogP contribution in [0.5, 0.6) is 11.5 Å². The Morgan fingerprint density at radius 1 is 1.20 bits per heavy atom. The Hall–Kier alpha value is -3.44. The maximum Gasteiger partial charge on any atom is 0.331 e. The van der Waals surface area contributed by atoms with E-state index in [-0.39, 0.29) is 11.3 Å². The van der Waals surface area contributed by atoms with Gasteiger partial charge in [0.15, 0.2) is 0 Å². The molecule has 0 bridgehead atoms. The molecular weight excluding hydrogens is 462 g/mol. The number of imide groups is 2. The standard InChI is InChI=1S/C24H26F2N4O5/c1-13-2-3-16(12-28-13)35-15-4-5-19(25)17(10-15)21(27)20(26)11-18-22(31)29-24(33)30(23(18)32)14-6-8-34-9-7-14/h2-5,10,12,14,18,20-21H,6-9,11,27H2,1H3,(H,29,31,33). The molecule has 186 valence electrons. The van der Waals surface area contributed by atoms with Gasteiger partial charge in [-0.3, -0.25) is 24.8 Å². The SMILES string of the molecule is Cc1ccc(Oc2ccc(F)c(C(N)C(F)CC3C(=O)NC(=O)N(C4CCOCC4)C3=O)c2)cn1. The summed E-state index contributed by atoms with van der Waals surface area (Å²) in [6, 6.07) is 4.41. The van der Waals surface area contributed by atoms with Crippen LogP contribution in [-0.4, -0.2) is 53.2 Å². The molecule has 1 aromatic carbocycles. The van der Waals surface area contributed by atoms with E-state index >= 15 is 4.39 Å². The van der Waals surface area contributed by atoms with E-state index in [2.05, 4.69) is 10.3 Å². The number of halogens is 2. The van der Waals surface area contributed by atoms with Gasteiger partial charge in [-0.05, 0) is 50.1 Å². The highest BCUT2D eigenvalue weighted by molar-refractivity contribution is 6.16. The zero-order valence-corrected chi connectivity index (χ0v) is 19.1. The van der Waals surface area contributed by atoms with Crippen LogP contribution in [0.15, 0.2) is 36.5 Å². The third kappa shape index (κ3) is 5.46. The maximum atomic E-state index is 15.3. The average Bonchev–Trinajstić information content (AvgIpc) is 2.84. The van der Waals surface area contributed by atoms with Gasteiger partial charge in [-0.15, -0.1) is 0 Å². The van der Waals surface area contributed by atoms with E-state index in [1.807, 2.05) is 6.92 Å². The van der Waals surface area contributed by atoms with E-state index < -0.39 is 54.3 Å². The van der Waals surface area contributed by atoms with E-state index in [0.29, 0.717) is 31.8 Å². The molecule has 3 atom stereocenters. The van der Waals surface area contributed by atoms with Crippen molar-refractivity contribution in [3.63, 3.8) is 0 Å². The van der Waals surface area contributed by atoms with Crippen molar-refractivity contribution in [1.82, 2.24) is 15.2 Å². The summed E-state index contributed by atoms with van der Waals surface area (Å²) in [6.07, 6.45) is -0.217. The quantitative estimate of drug-likeness (QED) is 0.575. The highest BCUT2D eigenvalue weighted by atomic mass is 19.1. The molecule has 3 unspecified atom stereocenters. The van der Waals surface area contributed by atoms with Gasteiger partial charge in [-0.2, -0.15) is 0 Å². The van der Waals surface area contributed by atoms with Gasteiger partial charge in [0.2, 0.25) is 11.8 Å². The molecular formula is C24H26F2N4O5. The van der Waals surface area contributed by atoms with Crippen LogP contribution in [0.25, 0.3) is 0 Å². The number of alkyl halides is 1. The Morgan fingerprint density at radius 3 is 2.60 bits per heavy atom. The Balaban J connectivity index is 1.48. The Kier molecular flexibility index (Phi) is 7.37. The van der Waals surface area contributed by atoms with Crippen molar-refractivity contribution < 1.29 is 32.6 Å². The molecule has 4 rings (SSSR count). The number of carbonyl (C=O) groups is 3. The number of hydrogen-bond donors (Lipinski definition) is 2. The molecule has 2 aliphatic heterocycles. The Morgan fingerprint density at radius 2 is 1.91 bits per heavy atom. The number of rotatable bonds is 7. The summed E-state index contributed by atoms with van der Waals surface area (Å²) in [6.45, 7) is 2.55. The number of nitrogens with two attached hydrogens (primary N) is 1. The largest absolute Gasteiger partial charge is 0.456 e. The number of barbiturate groups is 1. The number of ether oxygens (including phenoxy) is 2. The van der Waals surface area contributed by atoms with Crippen LogP contribution < -0.4 is 15.8 Å². The zero-order valence-electron chi connectivity index (χ0n) is 19.1. The van der Waals surface area contributed by atoms with Crippen LogP contribution in [0.2, 0.25) is 0 Å². The smallest absolute Gasteiger partial charge is 0.331 e. The first-order valence-electron chi connectivity index (χ1n) is 11.3. The van der Waals surface area contributed by atoms with Gasteiger partial charge in [0.25, 0.3) is 0 Å². The lowest BCUT2D eigenvalue weighted by molar-refractivity contribution is -0.146. The van der Waals surface area contributed by atoms with Crippen molar-refractivity contribution in [3.8, 4) is 11.5 Å². The number of nitrogens with one attached hydrogen (secondary N) is 1. The highest BCUT2D eigenvalue weighted by Crippen LogP contribution is 2.31. The molecule has 9 nitrogen and oxygen atoms in total. The van der Waals surface area contributed by atoms with Crippen LogP contribution in [0.1, 0.15) is 36.6 Å². The molecule has 1 aromatic heterocycles. The summed E-state index contributed by atoms with van der Waals surface area (Å²) in [5, 5.41) is 2.12. The van der Waals surface area contributed by atoms with Crippen LogP contribution in [-0.2, 0) is 14.3 Å². The number of aryl methyl sites for hydroxylation is 1. The Labute approximate surface area is 200 Å². The van der Waals surface area contributed by atoms with Gasteiger partial charge >= 0.3 is 6.03 Å². The lowest BCUT2D eigenvalue weighted by Crippen LogP contribution is -2.62. The molecule has 0 spiro atoms. The van der Waals surface area contributed by atoms with Gasteiger partial charge in [-0.25, -0.2) is 13.6 Å². The predicted octanol–water partition coefficient (Wildman–Crippen LogP) is 2.92. The number of aromatic nitrogens is 1. The summed E-state index contributed by atoms with van der Waals surface area (Å²) >= 11 is 0. The monoisotopic (exact) mass is 488 g/mol. The van der Waals surface area contributed by atoms with Crippen LogP contribution in [0.3, 0.4) is 0 Å². The lowest BCUT2D eigenvalue weighted by Gasteiger charge is -2.37. The third-order valence-corrected chi connectivity index (χ3v) is 6.15. The van der Waals surface area contributed by atoms with E-state index in [1.54, 1.807) is 12.1 Å². The molecule has 0 radical (unpaired) electrons. The van der Waals surface area contributed by atoms with Crippen LogP contribution in [0.4, 0.5) is 13.6 Å². The third-order valence-electron chi connectivity index (χ3n) is 6.15. The topological polar surface area (TPSA) is 124 Å². The molecule has 2 aromatic rings.